The number of nitrogens with one attached hydrogen (secondary N) is 1. The molecule has 0 atom stereocenters. The lowest BCUT2D eigenvalue weighted by Crippen LogP contribution is -2.26. The zero-order valence-corrected chi connectivity index (χ0v) is 12.1. The Labute approximate surface area is 118 Å². The minimum Gasteiger partial charge on any atom is -0.399 e. The maximum Gasteiger partial charge on any atom is 0.240 e. The van der Waals surface area contributed by atoms with Crippen molar-refractivity contribution in [3.63, 3.8) is 0 Å². The summed E-state index contributed by atoms with van der Waals surface area (Å²) in [4.78, 5) is -0.185. The third kappa shape index (κ3) is 5.83. The highest BCUT2D eigenvalue weighted by molar-refractivity contribution is 7.89. The Kier molecular flexibility index (Phi) is 6.86. The van der Waals surface area contributed by atoms with Gasteiger partial charge in [0.2, 0.25) is 10.0 Å². The summed E-state index contributed by atoms with van der Waals surface area (Å²) in [6.07, 6.45) is 0.508. The van der Waals surface area contributed by atoms with E-state index in [9.17, 15) is 12.8 Å². The van der Waals surface area contributed by atoms with E-state index in [-0.39, 0.29) is 17.1 Å². The summed E-state index contributed by atoms with van der Waals surface area (Å²) in [7, 11) is -2.18. The Morgan fingerprint density at radius 3 is 2.65 bits per heavy atom. The maximum absolute atomic E-state index is 13.1. The first kappa shape index (κ1) is 16.8. The Morgan fingerprint density at radius 1 is 1.25 bits per heavy atom. The number of sulfonamides is 1. The van der Waals surface area contributed by atoms with Gasteiger partial charge in [0, 0.05) is 25.9 Å². The molecule has 0 amide bonds. The van der Waals surface area contributed by atoms with E-state index in [0.29, 0.717) is 26.2 Å². The highest BCUT2D eigenvalue weighted by Gasteiger charge is 2.14. The van der Waals surface area contributed by atoms with Crippen LogP contribution >= 0.6 is 0 Å². The first-order valence-corrected chi connectivity index (χ1v) is 7.56. The van der Waals surface area contributed by atoms with Crippen LogP contribution in [-0.4, -0.2) is 41.9 Å². The summed E-state index contributed by atoms with van der Waals surface area (Å²) in [6, 6.07) is 3.19. The number of halogens is 1. The second-order valence-electron chi connectivity index (χ2n) is 4.08. The number of hydrogen-bond donors (Lipinski definition) is 2. The average molecular weight is 306 g/mol. The summed E-state index contributed by atoms with van der Waals surface area (Å²) in [6.45, 7) is 1.57. The van der Waals surface area contributed by atoms with Crippen molar-refractivity contribution in [2.75, 3.05) is 39.2 Å². The van der Waals surface area contributed by atoms with Gasteiger partial charge in [0.05, 0.1) is 18.1 Å². The van der Waals surface area contributed by atoms with Gasteiger partial charge in [-0.2, -0.15) is 0 Å². The SMILES string of the molecule is COCCOCCCNS(=O)(=O)c1cc(N)cc(F)c1. The van der Waals surface area contributed by atoms with E-state index in [4.69, 9.17) is 15.2 Å². The molecular weight excluding hydrogens is 287 g/mol. The van der Waals surface area contributed by atoms with E-state index < -0.39 is 15.8 Å². The fraction of sp³-hybridized carbons (Fsp3) is 0.500. The summed E-state index contributed by atoms with van der Waals surface area (Å²) in [5, 5.41) is 0. The first-order valence-electron chi connectivity index (χ1n) is 6.08. The molecule has 0 aliphatic rings. The number of rotatable bonds is 9. The molecule has 1 aromatic rings. The van der Waals surface area contributed by atoms with Crippen LogP contribution in [0.2, 0.25) is 0 Å². The number of methoxy groups -OCH3 is 1. The number of benzene rings is 1. The Bertz CT molecular complexity index is 502. The van der Waals surface area contributed by atoms with E-state index in [2.05, 4.69) is 4.72 Å². The van der Waals surface area contributed by atoms with Gasteiger partial charge in [0.15, 0.2) is 0 Å². The van der Waals surface area contributed by atoms with Crippen LogP contribution in [0.4, 0.5) is 10.1 Å². The molecule has 0 saturated carbocycles. The molecule has 0 aliphatic heterocycles. The largest absolute Gasteiger partial charge is 0.399 e. The van der Waals surface area contributed by atoms with Gasteiger partial charge in [-0.1, -0.05) is 0 Å². The molecule has 0 bridgehead atoms. The van der Waals surface area contributed by atoms with Gasteiger partial charge in [-0.05, 0) is 24.6 Å². The number of nitrogens with two attached hydrogens (primary N) is 1. The second-order valence-corrected chi connectivity index (χ2v) is 5.84. The molecule has 0 spiro atoms. The summed E-state index contributed by atoms with van der Waals surface area (Å²) in [5.41, 5.74) is 5.48. The molecule has 0 unspecified atom stereocenters. The monoisotopic (exact) mass is 306 g/mol. The third-order valence-electron chi connectivity index (χ3n) is 2.39. The van der Waals surface area contributed by atoms with Crippen LogP contribution in [0.15, 0.2) is 23.1 Å². The lowest BCUT2D eigenvalue weighted by molar-refractivity contribution is 0.0699. The summed E-state index contributed by atoms with van der Waals surface area (Å²) in [5.74, 6) is -0.687. The van der Waals surface area contributed by atoms with Crippen molar-refractivity contribution in [1.82, 2.24) is 4.72 Å². The first-order chi connectivity index (χ1) is 9.45. The molecule has 0 fully saturated rings. The van der Waals surface area contributed by atoms with Crippen molar-refractivity contribution in [1.29, 1.82) is 0 Å². The molecule has 1 aromatic carbocycles. The normalized spacial score (nSPS) is 11.7. The number of anilines is 1. The van der Waals surface area contributed by atoms with Gasteiger partial charge in [-0.25, -0.2) is 17.5 Å². The van der Waals surface area contributed by atoms with Crippen molar-refractivity contribution < 1.29 is 22.3 Å². The lowest BCUT2D eigenvalue weighted by atomic mass is 10.3. The van der Waals surface area contributed by atoms with Gasteiger partial charge < -0.3 is 15.2 Å². The predicted molar refractivity (Wildman–Crippen MR) is 73.3 cm³/mol. The van der Waals surface area contributed by atoms with Crippen LogP contribution in [0.25, 0.3) is 0 Å². The minimum absolute atomic E-state index is 0.0632. The lowest BCUT2D eigenvalue weighted by Gasteiger charge is -2.08. The van der Waals surface area contributed by atoms with E-state index in [1.807, 2.05) is 0 Å². The van der Waals surface area contributed by atoms with E-state index in [1.165, 1.54) is 6.07 Å². The Morgan fingerprint density at radius 2 is 2.00 bits per heavy atom. The number of hydrogen-bond acceptors (Lipinski definition) is 5. The van der Waals surface area contributed by atoms with Crippen molar-refractivity contribution in [3.05, 3.63) is 24.0 Å². The van der Waals surface area contributed by atoms with E-state index >= 15 is 0 Å². The highest BCUT2D eigenvalue weighted by Crippen LogP contribution is 2.15. The van der Waals surface area contributed by atoms with Crippen molar-refractivity contribution in [2.45, 2.75) is 11.3 Å². The molecule has 0 aliphatic carbocycles. The third-order valence-corrected chi connectivity index (χ3v) is 3.83. The maximum atomic E-state index is 13.1. The van der Waals surface area contributed by atoms with Crippen LogP contribution in [0.3, 0.4) is 0 Å². The zero-order valence-electron chi connectivity index (χ0n) is 11.3. The second kappa shape index (κ2) is 8.15. The zero-order chi connectivity index (χ0) is 15.0. The molecule has 6 nitrogen and oxygen atoms in total. The molecule has 0 saturated heterocycles. The van der Waals surface area contributed by atoms with Crippen LogP contribution in [-0.2, 0) is 19.5 Å². The Hall–Kier alpha value is -1.22. The van der Waals surface area contributed by atoms with Crippen LogP contribution in [0.5, 0.6) is 0 Å². The fourth-order valence-electron chi connectivity index (χ4n) is 1.45. The van der Waals surface area contributed by atoms with E-state index in [0.717, 1.165) is 12.1 Å². The quantitative estimate of drug-likeness (QED) is 0.519. The summed E-state index contributed by atoms with van der Waals surface area (Å²) < 4.78 is 49.2. The molecule has 1 rings (SSSR count). The van der Waals surface area contributed by atoms with Gasteiger partial charge >= 0.3 is 0 Å². The standard InChI is InChI=1S/C12H19FN2O4S/c1-18-5-6-19-4-2-3-15-20(16,17)12-8-10(13)7-11(14)9-12/h7-9,15H,2-6,14H2,1H3. The van der Waals surface area contributed by atoms with Gasteiger partial charge in [-0.3, -0.25) is 0 Å². The fourth-order valence-corrected chi connectivity index (χ4v) is 2.59. The molecule has 20 heavy (non-hydrogen) atoms. The van der Waals surface area contributed by atoms with E-state index in [1.54, 1.807) is 7.11 Å². The highest BCUT2D eigenvalue weighted by atomic mass is 32.2. The van der Waals surface area contributed by atoms with Gasteiger partial charge in [0.1, 0.15) is 5.82 Å². The average Bonchev–Trinajstić information content (AvgIpc) is 2.36. The van der Waals surface area contributed by atoms with Crippen molar-refractivity contribution in [2.24, 2.45) is 0 Å². The van der Waals surface area contributed by atoms with Gasteiger partial charge in [-0.15, -0.1) is 0 Å². The molecule has 3 N–H and O–H groups in total. The van der Waals surface area contributed by atoms with Crippen molar-refractivity contribution in [3.8, 4) is 0 Å². The minimum atomic E-state index is -3.75. The molecule has 0 aromatic heterocycles. The number of ether oxygens (including phenoxy) is 2. The predicted octanol–water partition coefficient (Wildman–Crippen LogP) is 0.739. The molecule has 114 valence electrons. The van der Waals surface area contributed by atoms with Crippen molar-refractivity contribution >= 4 is 15.7 Å². The smallest absolute Gasteiger partial charge is 0.240 e. The molecule has 0 radical (unpaired) electrons. The molecular formula is C12H19FN2O4S. The topological polar surface area (TPSA) is 90.6 Å². The summed E-state index contributed by atoms with van der Waals surface area (Å²) >= 11 is 0. The molecule has 8 heteroatoms. The van der Waals surface area contributed by atoms with Crippen LogP contribution < -0.4 is 10.5 Å². The Balaban J connectivity index is 2.42. The number of nitrogen functional groups attached to an aromatic ring is 1. The van der Waals surface area contributed by atoms with Crippen LogP contribution in [0.1, 0.15) is 6.42 Å². The molecule has 0 heterocycles. The van der Waals surface area contributed by atoms with Gasteiger partial charge in [0.25, 0.3) is 0 Å². The van der Waals surface area contributed by atoms with Crippen LogP contribution in [0, 0.1) is 5.82 Å².